The second kappa shape index (κ2) is 7.82. The summed E-state index contributed by atoms with van der Waals surface area (Å²) in [5.41, 5.74) is 7.06. The lowest BCUT2D eigenvalue weighted by Gasteiger charge is -2.21. The normalized spacial score (nSPS) is 12.2. The minimum atomic E-state index is -0.354. The van der Waals surface area contributed by atoms with Gasteiger partial charge in [-0.3, -0.25) is 9.78 Å². The van der Waals surface area contributed by atoms with Gasteiger partial charge in [0, 0.05) is 26.0 Å². The first-order valence-corrected chi connectivity index (χ1v) is 6.54. The van der Waals surface area contributed by atoms with Crippen LogP contribution in [0.3, 0.4) is 0 Å². The summed E-state index contributed by atoms with van der Waals surface area (Å²) >= 11 is 0. The van der Waals surface area contributed by atoms with E-state index in [9.17, 15) is 4.79 Å². The molecule has 1 amide bonds. The molecule has 0 saturated heterocycles. The zero-order valence-corrected chi connectivity index (χ0v) is 11.3. The van der Waals surface area contributed by atoms with E-state index >= 15 is 0 Å². The van der Waals surface area contributed by atoms with Crippen LogP contribution in [-0.2, 0) is 11.2 Å². The van der Waals surface area contributed by atoms with Gasteiger partial charge >= 0.3 is 0 Å². The van der Waals surface area contributed by atoms with Gasteiger partial charge in [0.2, 0.25) is 5.91 Å². The van der Waals surface area contributed by atoms with Gasteiger partial charge in [0.25, 0.3) is 0 Å². The molecule has 4 nitrogen and oxygen atoms in total. The summed E-state index contributed by atoms with van der Waals surface area (Å²) in [6.45, 7) is 2.80. The maximum Gasteiger partial charge on any atom is 0.239 e. The number of hydrogen-bond acceptors (Lipinski definition) is 3. The summed E-state index contributed by atoms with van der Waals surface area (Å²) in [5, 5.41) is 0. The number of carbonyl (C=O) groups is 1. The molecule has 1 aromatic heterocycles. The van der Waals surface area contributed by atoms with Crippen LogP contribution < -0.4 is 5.73 Å². The Morgan fingerprint density at radius 3 is 2.72 bits per heavy atom. The zero-order valence-electron chi connectivity index (χ0n) is 11.3. The van der Waals surface area contributed by atoms with E-state index in [-0.39, 0.29) is 11.9 Å². The van der Waals surface area contributed by atoms with E-state index in [1.54, 1.807) is 17.3 Å². The highest BCUT2D eigenvalue weighted by molar-refractivity contribution is 5.81. The molecule has 4 heteroatoms. The van der Waals surface area contributed by atoms with Gasteiger partial charge in [-0.15, -0.1) is 0 Å². The number of carbonyl (C=O) groups excluding carboxylic acids is 1. The third kappa shape index (κ3) is 4.84. The van der Waals surface area contributed by atoms with E-state index in [0.29, 0.717) is 6.54 Å². The van der Waals surface area contributed by atoms with Crippen LogP contribution >= 0.6 is 0 Å². The summed E-state index contributed by atoms with van der Waals surface area (Å²) < 4.78 is 0. The molecule has 100 valence electrons. The van der Waals surface area contributed by atoms with E-state index in [1.165, 1.54) is 5.56 Å². The van der Waals surface area contributed by atoms with Crippen LogP contribution in [0.25, 0.3) is 0 Å². The predicted molar refractivity (Wildman–Crippen MR) is 73.1 cm³/mol. The van der Waals surface area contributed by atoms with Crippen LogP contribution in [0.2, 0.25) is 0 Å². The summed E-state index contributed by atoms with van der Waals surface area (Å²) in [5.74, 6) is 0.0394. The largest absolute Gasteiger partial charge is 0.344 e. The van der Waals surface area contributed by atoms with Crippen LogP contribution in [0, 0.1) is 0 Å². The van der Waals surface area contributed by atoms with Crippen molar-refractivity contribution in [3.8, 4) is 0 Å². The van der Waals surface area contributed by atoms with Crippen molar-refractivity contribution in [2.45, 2.75) is 38.6 Å². The maximum absolute atomic E-state index is 12.0. The molecule has 0 aliphatic heterocycles. The number of aromatic nitrogens is 1. The van der Waals surface area contributed by atoms with Crippen molar-refractivity contribution in [3.05, 3.63) is 30.1 Å². The van der Waals surface area contributed by atoms with Gasteiger partial charge < -0.3 is 10.6 Å². The SMILES string of the molecule is CCCCC(N)C(=O)N(C)CCc1ccncc1. The predicted octanol–water partition coefficient (Wildman–Crippen LogP) is 1.60. The maximum atomic E-state index is 12.0. The Labute approximate surface area is 109 Å². The van der Waals surface area contributed by atoms with Gasteiger partial charge in [-0.25, -0.2) is 0 Å². The molecule has 0 saturated carbocycles. The van der Waals surface area contributed by atoms with E-state index in [2.05, 4.69) is 11.9 Å². The number of likely N-dealkylation sites (N-methyl/N-ethyl adjacent to an activating group) is 1. The number of nitrogens with zero attached hydrogens (tertiary/aromatic N) is 2. The van der Waals surface area contributed by atoms with E-state index < -0.39 is 0 Å². The van der Waals surface area contributed by atoms with Crippen LogP contribution in [0.4, 0.5) is 0 Å². The molecule has 0 radical (unpaired) electrons. The Balaban J connectivity index is 2.35. The topological polar surface area (TPSA) is 59.2 Å². The van der Waals surface area contributed by atoms with E-state index in [1.807, 2.05) is 19.2 Å². The Morgan fingerprint density at radius 2 is 2.11 bits per heavy atom. The molecule has 0 bridgehead atoms. The fraction of sp³-hybridized carbons (Fsp3) is 0.571. The molecule has 1 unspecified atom stereocenters. The Morgan fingerprint density at radius 1 is 1.44 bits per heavy atom. The van der Waals surface area contributed by atoms with Gasteiger partial charge in [-0.05, 0) is 30.5 Å². The lowest BCUT2D eigenvalue weighted by Crippen LogP contribution is -2.42. The lowest BCUT2D eigenvalue weighted by atomic mass is 10.1. The standard InChI is InChI=1S/C14H23N3O/c1-3-4-5-13(15)14(18)17(2)11-8-12-6-9-16-10-7-12/h6-7,9-10,13H,3-5,8,11,15H2,1-2H3. The van der Waals surface area contributed by atoms with Crippen molar-refractivity contribution in [3.63, 3.8) is 0 Å². The summed E-state index contributed by atoms with van der Waals surface area (Å²) in [4.78, 5) is 17.7. The third-order valence-electron chi connectivity index (χ3n) is 3.05. The molecule has 2 N–H and O–H groups in total. The van der Waals surface area contributed by atoms with Gasteiger partial charge in [0.05, 0.1) is 6.04 Å². The van der Waals surface area contributed by atoms with Crippen LogP contribution in [0.1, 0.15) is 31.7 Å². The Bertz CT molecular complexity index is 353. The monoisotopic (exact) mass is 249 g/mol. The fourth-order valence-electron chi connectivity index (χ4n) is 1.79. The first-order chi connectivity index (χ1) is 8.65. The Hall–Kier alpha value is -1.42. The zero-order chi connectivity index (χ0) is 13.4. The van der Waals surface area contributed by atoms with Gasteiger partial charge in [-0.1, -0.05) is 19.8 Å². The molecule has 1 heterocycles. The van der Waals surface area contributed by atoms with Gasteiger partial charge in [-0.2, -0.15) is 0 Å². The number of rotatable bonds is 7. The second-order valence-corrected chi connectivity index (χ2v) is 4.61. The van der Waals surface area contributed by atoms with Crippen molar-refractivity contribution in [1.29, 1.82) is 0 Å². The molecule has 0 aromatic carbocycles. The molecule has 0 fully saturated rings. The van der Waals surface area contributed by atoms with Crippen LogP contribution in [0.5, 0.6) is 0 Å². The smallest absolute Gasteiger partial charge is 0.239 e. The molecule has 18 heavy (non-hydrogen) atoms. The lowest BCUT2D eigenvalue weighted by molar-refractivity contribution is -0.131. The molecule has 1 aromatic rings. The minimum Gasteiger partial charge on any atom is -0.344 e. The van der Waals surface area contributed by atoms with Crippen molar-refractivity contribution in [1.82, 2.24) is 9.88 Å². The van der Waals surface area contributed by atoms with E-state index in [4.69, 9.17) is 5.73 Å². The molecule has 0 aliphatic carbocycles. The Kier molecular flexibility index (Phi) is 6.36. The first-order valence-electron chi connectivity index (χ1n) is 6.54. The molecule has 0 spiro atoms. The summed E-state index contributed by atoms with van der Waals surface area (Å²) in [7, 11) is 1.81. The number of pyridine rings is 1. The minimum absolute atomic E-state index is 0.0394. The fourth-order valence-corrected chi connectivity index (χ4v) is 1.79. The molecule has 0 aliphatic rings. The molecular formula is C14H23N3O. The first kappa shape index (κ1) is 14.6. The summed E-state index contributed by atoms with van der Waals surface area (Å²) in [6.07, 6.45) is 7.22. The van der Waals surface area contributed by atoms with Crippen molar-refractivity contribution < 1.29 is 4.79 Å². The van der Waals surface area contributed by atoms with Gasteiger partial charge in [0.15, 0.2) is 0 Å². The average Bonchev–Trinajstić information content (AvgIpc) is 2.42. The molecular weight excluding hydrogens is 226 g/mol. The van der Waals surface area contributed by atoms with Gasteiger partial charge in [0.1, 0.15) is 0 Å². The number of nitrogens with two attached hydrogens (primary N) is 1. The number of unbranched alkanes of at least 4 members (excludes halogenated alkanes) is 1. The highest BCUT2D eigenvalue weighted by atomic mass is 16.2. The number of amides is 1. The summed E-state index contributed by atoms with van der Waals surface area (Å²) in [6, 6.07) is 3.58. The van der Waals surface area contributed by atoms with Crippen molar-refractivity contribution >= 4 is 5.91 Å². The van der Waals surface area contributed by atoms with Crippen molar-refractivity contribution in [2.24, 2.45) is 5.73 Å². The third-order valence-corrected chi connectivity index (χ3v) is 3.05. The highest BCUT2D eigenvalue weighted by Gasteiger charge is 2.16. The second-order valence-electron chi connectivity index (χ2n) is 4.61. The number of hydrogen-bond donors (Lipinski definition) is 1. The average molecular weight is 249 g/mol. The van der Waals surface area contributed by atoms with Crippen molar-refractivity contribution in [2.75, 3.05) is 13.6 Å². The highest BCUT2D eigenvalue weighted by Crippen LogP contribution is 2.03. The quantitative estimate of drug-likeness (QED) is 0.798. The molecule has 1 rings (SSSR count). The van der Waals surface area contributed by atoms with E-state index in [0.717, 1.165) is 25.7 Å². The van der Waals surface area contributed by atoms with Crippen LogP contribution in [-0.4, -0.2) is 35.4 Å². The molecule has 1 atom stereocenters. The van der Waals surface area contributed by atoms with Crippen LogP contribution in [0.15, 0.2) is 24.5 Å².